The molecule has 1 aromatic rings. The normalized spacial score (nSPS) is 26.3. The standard InChI is InChI=1S/C11H11N3O/c12-10-7-13-11(14-10)5-6-15-9-4-2-1-3-8(9)11/h1-7,13-14H,12H2. The maximum absolute atomic E-state index is 5.71. The van der Waals surface area contributed by atoms with E-state index >= 15 is 0 Å². The lowest BCUT2D eigenvalue weighted by atomic mass is 9.97. The zero-order valence-electron chi connectivity index (χ0n) is 8.03. The number of benzene rings is 1. The average Bonchev–Trinajstić information content (AvgIpc) is 2.62. The van der Waals surface area contributed by atoms with Crippen molar-refractivity contribution in [3.05, 3.63) is 54.2 Å². The predicted octanol–water partition coefficient (Wildman–Crippen LogP) is 0.696. The minimum atomic E-state index is -0.446. The molecule has 2 aliphatic rings. The van der Waals surface area contributed by atoms with Gasteiger partial charge in [-0.25, -0.2) is 0 Å². The number of fused-ring (bicyclic) bond motifs is 2. The molecule has 0 aliphatic carbocycles. The summed E-state index contributed by atoms with van der Waals surface area (Å²) in [5, 5.41) is 6.40. The smallest absolute Gasteiger partial charge is 0.162 e. The summed E-state index contributed by atoms with van der Waals surface area (Å²) in [5.74, 6) is 1.46. The van der Waals surface area contributed by atoms with E-state index in [1.165, 1.54) is 0 Å². The first kappa shape index (κ1) is 8.23. The van der Waals surface area contributed by atoms with E-state index in [-0.39, 0.29) is 0 Å². The van der Waals surface area contributed by atoms with Crippen LogP contribution in [0.3, 0.4) is 0 Å². The largest absolute Gasteiger partial charge is 0.465 e. The molecule has 0 bridgehead atoms. The van der Waals surface area contributed by atoms with Gasteiger partial charge < -0.3 is 21.1 Å². The lowest BCUT2D eigenvalue weighted by Crippen LogP contribution is -2.47. The van der Waals surface area contributed by atoms with Crippen LogP contribution in [-0.4, -0.2) is 0 Å². The van der Waals surface area contributed by atoms with E-state index in [4.69, 9.17) is 10.5 Å². The molecule has 2 aliphatic heterocycles. The van der Waals surface area contributed by atoms with Gasteiger partial charge in [0.05, 0.1) is 6.26 Å². The highest BCUT2D eigenvalue weighted by Gasteiger charge is 2.36. The van der Waals surface area contributed by atoms with Crippen molar-refractivity contribution in [2.45, 2.75) is 5.66 Å². The second kappa shape index (κ2) is 2.70. The van der Waals surface area contributed by atoms with E-state index in [0.717, 1.165) is 11.3 Å². The van der Waals surface area contributed by atoms with Crippen molar-refractivity contribution in [3.63, 3.8) is 0 Å². The Hall–Kier alpha value is -2.10. The van der Waals surface area contributed by atoms with Crippen LogP contribution in [0.15, 0.2) is 48.6 Å². The molecule has 0 saturated carbocycles. The molecule has 0 aromatic heterocycles. The Morgan fingerprint density at radius 2 is 2.13 bits per heavy atom. The molecule has 76 valence electrons. The Balaban J connectivity index is 2.11. The lowest BCUT2D eigenvalue weighted by Gasteiger charge is -2.32. The second-order valence-electron chi connectivity index (χ2n) is 3.59. The van der Waals surface area contributed by atoms with Crippen molar-refractivity contribution < 1.29 is 4.74 Å². The number of ether oxygens (including phenoxy) is 1. The van der Waals surface area contributed by atoms with Crippen molar-refractivity contribution in [2.24, 2.45) is 5.73 Å². The maximum Gasteiger partial charge on any atom is 0.162 e. The van der Waals surface area contributed by atoms with Crippen LogP contribution in [0.1, 0.15) is 5.56 Å². The van der Waals surface area contributed by atoms with Crippen LogP contribution in [0.4, 0.5) is 0 Å². The SMILES string of the molecule is NC1=CNC2(C=COc3ccccc32)N1. The van der Waals surface area contributed by atoms with Gasteiger partial charge in [0.1, 0.15) is 11.6 Å². The molecule has 3 rings (SSSR count). The minimum absolute atomic E-state index is 0.446. The molecule has 0 amide bonds. The van der Waals surface area contributed by atoms with Crippen molar-refractivity contribution in [3.8, 4) is 5.75 Å². The molecule has 4 nitrogen and oxygen atoms in total. The Kier molecular flexibility index (Phi) is 1.48. The van der Waals surface area contributed by atoms with Gasteiger partial charge in [-0.1, -0.05) is 18.2 Å². The van der Waals surface area contributed by atoms with Crippen LogP contribution >= 0.6 is 0 Å². The molecule has 15 heavy (non-hydrogen) atoms. The van der Waals surface area contributed by atoms with Crippen LogP contribution in [0.25, 0.3) is 0 Å². The monoisotopic (exact) mass is 201 g/mol. The number of para-hydroxylation sites is 1. The van der Waals surface area contributed by atoms with E-state index in [1.807, 2.05) is 30.3 Å². The zero-order valence-corrected chi connectivity index (χ0v) is 8.03. The molecule has 0 radical (unpaired) electrons. The molecule has 1 unspecified atom stereocenters. The molecule has 1 aromatic carbocycles. The molecule has 0 saturated heterocycles. The third-order valence-electron chi connectivity index (χ3n) is 2.62. The number of nitrogens with one attached hydrogen (secondary N) is 2. The quantitative estimate of drug-likeness (QED) is 0.578. The Bertz CT molecular complexity index is 467. The van der Waals surface area contributed by atoms with Gasteiger partial charge >= 0.3 is 0 Å². The van der Waals surface area contributed by atoms with Crippen LogP contribution in [0.5, 0.6) is 5.75 Å². The number of hydrogen-bond acceptors (Lipinski definition) is 4. The van der Waals surface area contributed by atoms with Gasteiger partial charge in [0.25, 0.3) is 0 Å². The number of rotatable bonds is 0. The van der Waals surface area contributed by atoms with E-state index < -0.39 is 5.66 Å². The summed E-state index contributed by atoms with van der Waals surface area (Å²) < 4.78 is 5.42. The fraction of sp³-hybridized carbons (Fsp3) is 0.0909. The minimum Gasteiger partial charge on any atom is -0.465 e. The van der Waals surface area contributed by atoms with E-state index in [2.05, 4.69) is 10.6 Å². The van der Waals surface area contributed by atoms with E-state index in [0.29, 0.717) is 5.82 Å². The second-order valence-corrected chi connectivity index (χ2v) is 3.59. The summed E-state index contributed by atoms with van der Waals surface area (Å²) in [7, 11) is 0. The highest BCUT2D eigenvalue weighted by molar-refractivity contribution is 5.46. The van der Waals surface area contributed by atoms with Crippen LogP contribution < -0.4 is 21.1 Å². The Morgan fingerprint density at radius 3 is 2.93 bits per heavy atom. The first-order chi connectivity index (χ1) is 7.30. The van der Waals surface area contributed by atoms with Gasteiger partial charge in [0.15, 0.2) is 5.66 Å². The van der Waals surface area contributed by atoms with Gasteiger partial charge in [-0.2, -0.15) is 0 Å². The highest BCUT2D eigenvalue weighted by Crippen LogP contribution is 2.34. The van der Waals surface area contributed by atoms with Gasteiger partial charge in [0, 0.05) is 17.8 Å². The van der Waals surface area contributed by atoms with Crippen molar-refractivity contribution in [1.82, 2.24) is 10.6 Å². The highest BCUT2D eigenvalue weighted by atomic mass is 16.5. The summed E-state index contributed by atoms with van der Waals surface area (Å²) >= 11 is 0. The topological polar surface area (TPSA) is 59.3 Å². The molecular formula is C11H11N3O. The Labute approximate surface area is 87.4 Å². The first-order valence-corrected chi connectivity index (χ1v) is 4.76. The number of hydrogen-bond donors (Lipinski definition) is 3. The van der Waals surface area contributed by atoms with Crippen molar-refractivity contribution in [1.29, 1.82) is 0 Å². The molecule has 0 fully saturated rings. The van der Waals surface area contributed by atoms with E-state index in [9.17, 15) is 0 Å². The molecule has 1 atom stereocenters. The molecule has 1 spiro atoms. The summed E-state index contributed by atoms with van der Waals surface area (Å²) in [6, 6.07) is 7.85. The van der Waals surface area contributed by atoms with E-state index in [1.54, 1.807) is 12.5 Å². The molecule has 4 heteroatoms. The third kappa shape index (κ3) is 1.08. The van der Waals surface area contributed by atoms with Crippen LogP contribution in [-0.2, 0) is 5.66 Å². The van der Waals surface area contributed by atoms with Crippen LogP contribution in [0, 0.1) is 0 Å². The zero-order chi connectivity index (χ0) is 10.3. The van der Waals surface area contributed by atoms with Gasteiger partial charge in [-0.05, 0) is 6.07 Å². The Morgan fingerprint density at radius 1 is 1.27 bits per heavy atom. The molecule has 4 N–H and O–H groups in total. The summed E-state index contributed by atoms with van der Waals surface area (Å²) in [6.45, 7) is 0. The maximum atomic E-state index is 5.71. The third-order valence-corrected chi connectivity index (χ3v) is 2.62. The molecular weight excluding hydrogens is 190 g/mol. The fourth-order valence-electron chi connectivity index (χ4n) is 1.92. The van der Waals surface area contributed by atoms with Crippen molar-refractivity contribution in [2.75, 3.05) is 0 Å². The summed E-state index contributed by atoms with van der Waals surface area (Å²) in [4.78, 5) is 0. The molecule has 2 heterocycles. The number of nitrogens with two attached hydrogens (primary N) is 1. The van der Waals surface area contributed by atoms with Gasteiger partial charge in [-0.15, -0.1) is 0 Å². The van der Waals surface area contributed by atoms with Crippen LogP contribution in [0.2, 0.25) is 0 Å². The fourth-order valence-corrected chi connectivity index (χ4v) is 1.92. The summed E-state index contributed by atoms with van der Waals surface area (Å²) in [6.07, 6.45) is 5.33. The van der Waals surface area contributed by atoms with Gasteiger partial charge in [-0.3, -0.25) is 0 Å². The first-order valence-electron chi connectivity index (χ1n) is 4.76. The predicted molar refractivity (Wildman–Crippen MR) is 56.4 cm³/mol. The average molecular weight is 201 g/mol. The van der Waals surface area contributed by atoms with Gasteiger partial charge in [0.2, 0.25) is 0 Å². The lowest BCUT2D eigenvalue weighted by molar-refractivity contribution is 0.367. The van der Waals surface area contributed by atoms with Crippen molar-refractivity contribution >= 4 is 0 Å². The summed E-state index contributed by atoms with van der Waals surface area (Å²) in [5.41, 5.74) is 6.30.